The van der Waals surface area contributed by atoms with Gasteiger partial charge in [0.2, 0.25) is 5.12 Å². The van der Waals surface area contributed by atoms with E-state index in [2.05, 4.69) is 0 Å². The summed E-state index contributed by atoms with van der Waals surface area (Å²) in [6.45, 7) is 0. The molecule has 0 saturated carbocycles. The van der Waals surface area contributed by atoms with Gasteiger partial charge in [-0.25, -0.2) is 0 Å². The highest BCUT2D eigenvalue weighted by Crippen LogP contribution is 2.00. The SMILES string of the molecule is O=C(O)CCC(=O)SO. The number of carbonyl (C=O) groups is 2. The molecule has 4 nitrogen and oxygen atoms in total. The Labute approximate surface area is 56.1 Å². The minimum Gasteiger partial charge on any atom is -0.481 e. The van der Waals surface area contributed by atoms with Gasteiger partial charge in [-0.3, -0.25) is 9.59 Å². The quantitative estimate of drug-likeness (QED) is 0.576. The van der Waals surface area contributed by atoms with Crippen LogP contribution >= 0.6 is 12.0 Å². The summed E-state index contributed by atoms with van der Waals surface area (Å²) < 4.78 is 8.02. The third-order valence-corrected chi connectivity index (χ3v) is 1.05. The molecule has 0 fully saturated rings. The van der Waals surface area contributed by atoms with Crippen LogP contribution in [0.5, 0.6) is 0 Å². The zero-order valence-corrected chi connectivity index (χ0v) is 5.35. The number of aliphatic carboxylic acids is 1. The van der Waals surface area contributed by atoms with E-state index in [0.717, 1.165) is 0 Å². The van der Waals surface area contributed by atoms with Gasteiger partial charge in [-0.1, -0.05) is 0 Å². The molecule has 0 heterocycles. The molecular formula is C4H6O4S. The minimum atomic E-state index is -1.03. The molecule has 0 radical (unpaired) electrons. The smallest absolute Gasteiger partial charge is 0.303 e. The Morgan fingerprint density at radius 1 is 1.33 bits per heavy atom. The summed E-state index contributed by atoms with van der Waals surface area (Å²) >= 11 is 0.0645. The molecule has 52 valence electrons. The highest BCUT2D eigenvalue weighted by Gasteiger charge is 2.03. The first-order chi connectivity index (χ1) is 4.16. The average Bonchev–Trinajstić information content (AvgIpc) is 1.83. The first kappa shape index (κ1) is 8.45. The van der Waals surface area contributed by atoms with Crippen LogP contribution < -0.4 is 0 Å². The van der Waals surface area contributed by atoms with E-state index >= 15 is 0 Å². The number of rotatable bonds is 3. The van der Waals surface area contributed by atoms with Gasteiger partial charge in [0.25, 0.3) is 0 Å². The molecule has 0 amide bonds. The lowest BCUT2D eigenvalue weighted by Crippen LogP contribution is -1.98. The van der Waals surface area contributed by atoms with E-state index in [1.54, 1.807) is 0 Å². The fraction of sp³-hybridized carbons (Fsp3) is 0.500. The van der Waals surface area contributed by atoms with Crippen LogP contribution in [0, 0.1) is 0 Å². The summed E-state index contributed by atoms with van der Waals surface area (Å²) in [6, 6.07) is 0. The Hall–Kier alpha value is -0.550. The van der Waals surface area contributed by atoms with E-state index in [0.29, 0.717) is 0 Å². The first-order valence-corrected chi connectivity index (χ1v) is 3.00. The molecule has 9 heavy (non-hydrogen) atoms. The van der Waals surface area contributed by atoms with Crippen LogP contribution in [0.4, 0.5) is 0 Å². The Kier molecular flexibility index (Phi) is 4.08. The lowest BCUT2D eigenvalue weighted by Gasteiger charge is -1.88. The van der Waals surface area contributed by atoms with E-state index in [9.17, 15) is 9.59 Å². The zero-order valence-electron chi connectivity index (χ0n) is 4.53. The lowest BCUT2D eigenvalue weighted by molar-refractivity contribution is -0.137. The van der Waals surface area contributed by atoms with E-state index in [1.807, 2.05) is 0 Å². The van der Waals surface area contributed by atoms with Gasteiger partial charge in [0, 0.05) is 6.42 Å². The van der Waals surface area contributed by atoms with Gasteiger partial charge < -0.3 is 9.66 Å². The van der Waals surface area contributed by atoms with Crippen LogP contribution in [0.15, 0.2) is 0 Å². The van der Waals surface area contributed by atoms with Gasteiger partial charge in [-0.2, -0.15) is 0 Å². The molecule has 0 rings (SSSR count). The Morgan fingerprint density at radius 3 is 2.22 bits per heavy atom. The van der Waals surface area contributed by atoms with E-state index < -0.39 is 11.1 Å². The Balaban J connectivity index is 3.28. The molecule has 0 bridgehead atoms. The van der Waals surface area contributed by atoms with Crippen LogP contribution in [0.1, 0.15) is 12.8 Å². The number of hydrogen-bond donors (Lipinski definition) is 2. The number of carboxylic acids is 1. The van der Waals surface area contributed by atoms with Crippen LogP contribution in [-0.4, -0.2) is 20.7 Å². The highest BCUT2D eigenvalue weighted by molar-refractivity contribution is 8.08. The maximum Gasteiger partial charge on any atom is 0.303 e. The molecular weight excluding hydrogens is 144 g/mol. The second-order valence-corrected chi connectivity index (χ2v) is 1.99. The van der Waals surface area contributed by atoms with E-state index in [4.69, 9.17) is 9.66 Å². The van der Waals surface area contributed by atoms with Crippen molar-refractivity contribution in [3.8, 4) is 0 Å². The van der Waals surface area contributed by atoms with Crippen molar-refractivity contribution in [2.75, 3.05) is 0 Å². The molecule has 2 N–H and O–H groups in total. The van der Waals surface area contributed by atoms with Crippen LogP contribution in [0.2, 0.25) is 0 Å². The van der Waals surface area contributed by atoms with Gasteiger partial charge in [0.1, 0.15) is 0 Å². The highest BCUT2D eigenvalue weighted by atomic mass is 32.2. The molecule has 0 saturated heterocycles. The molecule has 0 aliphatic carbocycles. The van der Waals surface area contributed by atoms with Crippen LogP contribution in [0.3, 0.4) is 0 Å². The third kappa shape index (κ3) is 5.32. The van der Waals surface area contributed by atoms with Gasteiger partial charge in [0.05, 0.1) is 18.5 Å². The largest absolute Gasteiger partial charge is 0.481 e. The van der Waals surface area contributed by atoms with Gasteiger partial charge in [-0.05, 0) is 0 Å². The van der Waals surface area contributed by atoms with Crippen molar-refractivity contribution < 1.29 is 19.2 Å². The number of carboxylic acid groups (broad SMARTS) is 1. The van der Waals surface area contributed by atoms with Crippen molar-refractivity contribution in [3.05, 3.63) is 0 Å². The minimum absolute atomic E-state index is 0.0645. The van der Waals surface area contributed by atoms with Crippen molar-refractivity contribution in [2.24, 2.45) is 0 Å². The van der Waals surface area contributed by atoms with Crippen LogP contribution in [0.25, 0.3) is 0 Å². The predicted molar refractivity (Wildman–Crippen MR) is 32.1 cm³/mol. The summed E-state index contributed by atoms with van der Waals surface area (Å²) in [5.74, 6) is -1.03. The fourth-order valence-electron chi connectivity index (χ4n) is 0.255. The topological polar surface area (TPSA) is 74.6 Å². The van der Waals surface area contributed by atoms with Crippen molar-refractivity contribution in [1.82, 2.24) is 0 Å². The maximum absolute atomic E-state index is 10.2. The summed E-state index contributed by atoms with van der Waals surface area (Å²) in [7, 11) is 0. The second-order valence-electron chi connectivity index (χ2n) is 1.36. The molecule has 0 aliphatic rings. The van der Waals surface area contributed by atoms with Crippen molar-refractivity contribution in [3.63, 3.8) is 0 Å². The van der Waals surface area contributed by atoms with E-state index in [1.165, 1.54) is 0 Å². The normalized spacial score (nSPS) is 9.00. The lowest BCUT2D eigenvalue weighted by atomic mass is 10.3. The summed E-state index contributed by atoms with van der Waals surface area (Å²) in [4.78, 5) is 19.9. The number of carbonyl (C=O) groups excluding carboxylic acids is 1. The standard InChI is InChI=1S/C4H6O4S/c5-3(6)1-2-4(7)9-8/h8H,1-2H2,(H,5,6). The summed E-state index contributed by atoms with van der Waals surface area (Å²) in [5.41, 5.74) is 0. The van der Waals surface area contributed by atoms with Crippen molar-refractivity contribution in [1.29, 1.82) is 0 Å². The Bertz CT molecular complexity index is 122. The Morgan fingerprint density at radius 2 is 1.89 bits per heavy atom. The average molecular weight is 150 g/mol. The molecule has 0 aliphatic heterocycles. The second kappa shape index (κ2) is 4.34. The molecule has 0 spiro atoms. The molecule has 0 aromatic carbocycles. The van der Waals surface area contributed by atoms with E-state index in [-0.39, 0.29) is 24.9 Å². The van der Waals surface area contributed by atoms with Crippen molar-refractivity contribution in [2.45, 2.75) is 12.8 Å². The van der Waals surface area contributed by atoms with Gasteiger partial charge in [0.15, 0.2) is 0 Å². The number of hydrogen-bond acceptors (Lipinski definition) is 4. The first-order valence-electron chi connectivity index (χ1n) is 2.23. The molecule has 0 aromatic rings. The predicted octanol–water partition coefficient (Wildman–Crippen LogP) is 0.584. The molecule has 0 atom stereocenters. The third-order valence-electron chi connectivity index (χ3n) is 0.645. The van der Waals surface area contributed by atoms with Crippen LogP contribution in [-0.2, 0) is 9.59 Å². The molecule has 0 unspecified atom stereocenters. The maximum atomic E-state index is 10.2. The fourth-order valence-corrected chi connectivity index (χ4v) is 0.448. The molecule has 5 heteroatoms. The monoisotopic (exact) mass is 150 g/mol. The van der Waals surface area contributed by atoms with Crippen molar-refractivity contribution >= 4 is 23.1 Å². The molecule has 0 aromatic heterocycles. The summed E-state index contributed by atoms with van der Waals surface area (Å²) in [6.07, 6.45) is -0.330. The van der Waals surface area contributed by atoms with Gasteiger partial charge >= 0.3 is 5.97 Å². The zero-order chi connectivity index (χ0) is 7.28. The summed E-state index contributed by atoms with van der Waals surface area (Å²) in [5, 5.41) is 7.50. The van der Waals surface area contributed by atoms with Gasteiger partial charge in [-0.15, -0.1) is 0 Å².